The van der Waals surface area contributed by atoms with Gasteiger partial charge in [0, 0.05) is 36.9 Å². The molecule has 1 aliphatic rings. The van der Waals surface area contributed by atoms with E-state index in [1.54, 1.807) is 47.4 Å². The van der Waals surface area contributed by atoms with Crippen molar-refractivity contribution in [1.82, 2.24) is 29.3 Å². The van der Waals surface area contributed by atoms with E-state index in [0.717, 1.165) is 42.1 Å². The van der Waals surface area contributed by atoms with Crippen LogP contribution in [0.2, 0.25) is 0 Å². The highest BCUT2D eigenvalue weighted by atomic mass is 16.6. The Morgan fingerprint density at radius 3 is 2.63 bits per heavy atom. The fourth-order valence-electron chi connectivity index (χ4n) is 4.93. The number of carbonyl (C=O) groups excluding carboxylic acids is 2. The number of methoxy groups -OCH3 is 1. The third kappa shape index (κ3) is 5.13. The topological polar surface area (TPSA) is 116 Å². The van der Waals surface area contributed by atoms with E-state index in [2.05, 4.69) is 15.4 Å². The number of fused-ring (bicyclic) bond motifs is 2. The molecule has 0 unspecified atom stereocenters. The summed E-state index contributed by atoms with van der Waals surface area (Å²) in [5.41, 5.74) is 1.99. The van der Waals surface area contributed by atoms with Gasteiger partial charge in [-0.3, -0.25) is 9.48 Å². The van der Waals surface area contributed by atoms with Crippen LogP contribution in [0.4, 0.5) is 10.5 Å². The number of rotatable bonds is 5. The molecule has 2 amide bonds. The summed E-state index contributed by atoms with van der Waals surface area (Å²) in [4.78, 5) is 31.4. The molecule has 0 atom stereocenters. The average Bonchev–Trinajstić information content (AvgIpc) is 3.50. The predicted molar refractivity (Wildman–Crippen MR) is 143 cm³/mol. The zero-order valence-electron chi connectivity index (χ0n) is 22.3. The maximum Gasteiger partial charge on any atom is 0.410 e. The quantitative estimate of drug-likeness (QED) is 0.407. The Morgan fingerprint density at radius 1 is 1.16 bits per heavy atom. The van der Waals surface area contributed by atoms with Crippen LogP contribution in [-0.4, -0.2) is 67.1 Å². The Labute approximate surface area is 220 Å². The number of hydrogen-bond donors (Lipinski definition) is 1. The number of hydrogen-bond acceptors (Lipinski definition) is 7. The van der Waals surface area contributed by atoms with Gasteiger partial charge < -0.3 is 19.7 Å². The van der Waals surface area contributed by atoms with Crippen LogP contribution >= 0.6 is 0 Å². The molecule has 11 heteroatoms. The van der Waals surface area contributed by atoms with Crippen LogP contribution in [-0.2, 0) is 4.74 Å². The predicted octanol–water partition coefficient (Wildman–Crippen LogP) is 4.69. The Morgan fingerprint density at radius 2 is 1.92 bits per heavy atom. The largest absolute Gasteiger partial charge is 0.496 e. The van der Waals surface area contributed by atoms with Crippen LogP contribution < -0.4 is 10.1 Å². The number of carbonyl (C=O) groups is 2. The third-order valence-corrected chi connectivity index (χ3v) is 6.93. The number of nitrogens with one attached hydrogen (secondary N) is 1. The van der Waals surface area contributed by atoms with Gasteiger partial charge in [-0.2, -0.15) is 10.2 Å². The summed E-state index contributed by atoms with van der Waals surface area (Å²) in [5, 5.41) is 12.8. The molecule has 5 rings (SSSR count). The van der Waals surface area contributed by atoms with E-state index in [0.29, 0.717) is 17.0 Å². The van der Waals surface area contributed by atoms with Gasteiger partial charge in [0.2, 0.25) is 0 Å². The van der Waals surface area contributed by atoms with Gasteiger partial charge in [-0.1, -0.05) is 0 Å². The molecule has 11 nitrogen and oxygen atoms in total. The van der Waals surface area contributed by atoms with Crippen molar-refractivity contribution in [2.24, 2.45) is 0 Å². The monoisotopic (exact) mass is 519 g/mol. The Hall–Kier alpha value is -4.15. The first-order valence-corrected chi connectivity index (χ1v) is 12.7. The molecule has 1 aliphatic carbocycles. The molecule has 0 spiro atoms. The third-order valence-electron chi connectivity index (χ3n) is 6.93. The molecule has 1 N–H and O–H groups in total. The minimum atomic E-state index is -0.515. The van der Waals surface area contributed by atoms with Crippen molar-refractivity contribution in [2.75, 3.05) is 19.5 Å². The minimum Gasteiger partial charge on any atom is -0.496 e. The molecule has 200 valence electrons. The lowest BCUT2D eigenvalue weighted by atomic mass is 9.90. The first kappa shape index (κ1) is 25.5. The van der Waals surface area contributed by atoms with E-state index in [1.807, 2.05) is 44.8 Å². The van der Waals surface area contributed by atoms with Crippen molar-refractivity contribution >= 4 is 34.1 Å². The maximum atomic E-state index is 13.2. The molecular formula is C27H33N7O4. The van der Waals surface area contributed by atoms with Crippen LogP contribution in [0.1, 0.15) is 62.9 Å². The smallest absolute Gasteiger partial charge is 0.410 e. The van der Waals surface area contributed by atoms with Crippen molar-refractivity contribution in [3.8, 4) is 5.75 Å². The Kier molecular flexibility index (Phi) is 6.68. The van der Waals surface area contributed by atoms with Crippen LogP contribution in [0.25, 0.3) is 16.4 Å². The number of ether oxygens (including phenoxy) is 2. The number of aromatic nitrogens is 5. The number of benzene rings is 1. The molecule has 1 saturated carbocycles. The van der Waals surface area contributed by atoms with E-state index >= 15 is 0 Å². The molecule has 0 saturated heterocycles. The van der Waals surface area contributed by atoms with Crippen molar-refractivity contribution in [3.05, 3.63) is 48.7 Å². The van der Waals surface area contributed by atoms with Gasteiger partial charge in [-0.05, 0) is 58.6 Å². The zero-order chi connectivity index (χ0) is 27.0. The highest BCUT2D eigenvalue weighted by molar-refractivity contribution is 6.09. The van der Waals surface area contributed by atoms with Crippen LogP contribution in [0.3, 0.4) is 0 Å². The van der Waals surface area contributed by atoms with Gasteiger partial charge in [-0.25, -0.2) is 14.3 Å². The molecule has 1 aromatic carbocycles. The highest BCUT2D eigenvalue weighted by Gasteiger charge is 2.30. The summed E-state index contributed by atoms with van der Waals surface area (Å²) in [6.45, 7) is 5.62. The van der Waals surface area contributed by atoms with Gasteiger partial charge >= 0.3 is 6.09 Å². The van der Waals surface area contributed by atoms with Crippen LogP contribution in [0.15, 0.2) is 43.1 Å². The van der Waals surface area contributed by atoms with E-state index < -0.39 is 5.60 Å². The lowest BCUT2D eigenvalue weighted by Crippen LogP contribution is -2.42. The lowest BCUT2D eigenvalue weighted by Gasteiger charge is -2.35. The molecule has 3 aromatic heterocycles. The standard InChI is InChI=1S/C27H33N7O4/c1-27(2,3)38-26(36)32(4)18-6-8-19(9-7-18)33-15-17-12-20(24(37-5)13-21(17)31-33)25(35)30-22-14-29-34-16-28-11-10-23(22)34/h10-16,18-19H,6-9H2,1-5H3,(H,30,35). The number of amides is 2. The molecular weight excluding hydrogens is 486 g/mol. The molecule has 38 heavy (non-hydrogen) atoms. The first-order valence-electron chi connectivity index (χ1n) is 12.7. The molecule has 0 radical (unpaired) electrons. The summed E-state index contributed by atoms with van der Waals surface area (Å²) in [6.07, 6.45) is 10.0. The molecule has 3 heterocycles. The summed E-state index contributed by atoms with van der Waals surface area (Å²) in [7, 11) is 3.35. The van der Waals surface area contributed by atoms with Gasteiger partial charge in [0.1, 0.15) is 17.7 Å². The zero-order valence-corrected chi connectivity index (χ0v) is 22.3. The fraction of sp³-hybridized carbons (Fsp3) is 0.444. The molecule has 4 aromatic rings. The normalized spacial score (nSPS) is 17.9. The molecule has 0 bridgehead atoms. The summed E-state index contributed by atoms with van der Waals surface area (Å²) in [5.74, 6) is 0.148. The molecule has 0 aliphatic heterocycles. The Bertz CT molecular complexity index is 1480. The first-order chi connectivity index (χ1) is 18.1. The highest BCUT2D eigenvalue weighted by Crippen LogP contribution is 2.33. The van der Waals surface area contributed by atoms with Crippen LogP contribution in [0, 0.1) is 0 Å². The number of nitrogens with zero attached hydrogens (tertiary/aromatic N) is 6. The van der Waals surface area contributed by atoms with Gasteiger partial charge in [0.25, 0.3) is 5.91 Å². The van der Waals surface area contributed by atoms with Gasteiger partial charge in [0.15, 0.2) is 0 Å². The average molecular weight is 520 g/mol. The van der Waals surface area contributed by atoms with E-state index in [4.69, 9.17) is 14.6 Å². The second kappa shape index (κ2) is 9.96. The van der Waals surface area contributed by atoms with Gasteiger partial charge in [-0.15, -0.1) is 0 Å². The maximum absolute atomic E-state index is 13.2. The Balaban J connectivity index is 1.30. The van der Waals surface area contributed by atoms with Crippen molar-refractivity contribution in [2.45, 2.75) is 64.1 Å². The summed E-state index contributed by atoms with van der Waals surface area (Å²) >= 11 is 0. The van der Waals surface area contributed by atoms with Crippen LogP contribution in [0.5, 0.6) is 5.75 Å². The van der Waals surface area contributed by atoms with E-state index in [-0.39, 0.29) is 24.1 Å². The van der Waals surface area contributed by atoms with Crippen molar-refractivity contribution < 1.29 is 19.1 Å². The summed E-state index contributed by atoms with van der Waals surface area (Å²) in [6, 6.07) is 5.73. The fourth-order valence-corrected chi connectivity index (χ4v) is 4.93. The SMILES string of the molecule is COc1cc2nn(C3CCC(N(C)C(=O)OC(C)(C)C)CC3)cc2cc1C(=O)Nc1cnn2cnccc12. The van der Waals surface area contributed by atoms with E-state index in [1.165, 1.54) is 0 Å². The van der Waals surface area contributed by atoms with Crippen molar-refractivity contribution in [1.29, 1.82) is 0 Å². The molecule has 1 fully saturated rings. The van der Waals surface area contributed by atoms with Crippen molar-refractivity contribution in [3.63, 3.8) is 0 Å². The second-order valence-corrected chi connectivity index (χ2v) is 10.7. The van der Waals surface area contributed by atoms with Gasteiger partial charge in [0.05, 0.1) is 41.6 Å². The second-order valence-electron chi connectivity index (χ2n) is 10.7. The minimum absolute atomic E-state index is 0.136. The van der Waals surface area contributed by atoms with E-state index in [9.17, 15) is 9.59 Å². The summed E-state index contributed by atoms with van der Waals surface area (Å²) < 4.78 is 14.6. The number of anilines is 1. The lowest BCUT2D eigenvalue weighted by molar-refractivity contribution is 0.0173.